The molecule has 0 aliphatic carbocycles. The Kier molecular flexibility index (Phi) is 5.80. The molecule has 0 N–H and O–H groups in total. The van der Waals surface area contributed by atoms with E-state index in [-0.39, 0.29) is 23.8 Å². The largest absolute Gasteiger partial charge is 0.465 e. The number of benzene rings is 1. The second kappa shape index (κ2) is 7.62. The van der Waals surface area contributed by atoms with E-state index in [1.165, 1.54) is 11.1 Å². The van der Waals surface area contributed by atoms with E-state index in [2.05, 4.69) is 39.8 Å². The quantitative estimate of drug-likeness (QED) is 0.755. The van der Waals surface area contributed by atoms with Gasteiger partial charge in [0.1, 0.15) is 0 Å². The standard InChI is InChI=1S/C19H27NO3/c1-13(2)11-20(15(4)17-8-6-5-7-14(17)3)18(21)9-16-10-19(22)23-12-16/h5-8,13,15-16H,9-12H2,1-4H3/t15-,16+/m0/s1. The molecule has 0 spiro atoms. The highest BCUT2D eigenvalue weighted by Crippen LogP contribution is 2.27. The second-order valence-electron chi connectivity index (χ2n) is 6.93. The first-order valence-corrected chi connectivity index (χ1v) is 8.39. The first-order chi connectivity index (χ1) is 10.9. The van der Waals surface area contributed by atoms with Crippen molar-refractivity contribution in [3.63, 3.8) is 0 Å². The number of esters is 1. The Balaban J connectivity index is 2.14. The summed E-state index contributed by atoms with van der Waals surface area (Å²) < 4.78 is 4.98. The molecule has 1 amide bonds. The fourth-order valence-corrected chi connectivity index (χ4v) is 3.15. The zero-order valence-corrected chi connectivity index (χ0v) is 14.5. The Labute approximate surface area is 138 Å². The summed E-state index contributed by atoms with van der Waals surface area (Å²) in [6, 6.07) is 8.22. The van der Waals surface area contributed by atoms with Gasteiger partial charge in [0.05, 0.1) is 19.1 Å². The smallest absolute Gasteiger partial charge is 0.306 e. The Hall–Kier alpha value is -1.84. The number of hydrogen-bond donors (Lipinski definition) is 0. The number of carbonyl (C=O) groups is 2. The molecule has 4 nitrogen and oxygen atoms in total. The van der Waals surface area contributed by atoms with Crippen molar-refractivity contribution < 1.29 is 14.3 Å². The van der Waals surface area contributed by atoms with Crippen molar-refractivity contribution in [2.24, 2.45) is 11.8 Å². The number of carbonyl (C=O) groups excluding carboxylic acids is 2. The van der Waals surface area contributed by atoms with Crippen molar-refractivity contribution in [1.82, 2.24) is 4.90 Å². The molecular weight excluding hydrogens is 290 g/mol. The topological polar surface area (TPSA) is 46.6 Å². The van der Waals surface area contributed by atoms with Gasteiger partial charge in [0.15, 0.2) is 0 Å². The lowest BCUT2D eigenvalue weighted by Crippen LogP contribution is -2.37. The molecule has 23 heavy (non-hydrogen) atoms. The van der Waals surface area contributed by atoms with Crippen LogP contribution in [0.3, 0.4) is 0 Å². The van der Waals surface area contributed by atoms with Gasteiger partial charge in [-0.05, 0) is 30.9 Å². The monoisotopic (exact) mass is 317 g/mol. The second-order valence-corrected chi connectivity index (χ2v) is 6.93. The Morgan fingerprint density at radius 3 is 2.57 bits per heavy atom. The normalized spacial score (nSPS) is 18.8. The zero-order valence-electron chi connectivity index (χ0n) is 14.5. The molecule has 1 saturated heterocycles. The Morgan fingerprint density at radius 2 is 2.00 bits per heavy atom. The third-order valence-electron chi connectivity index (χ3n) is 4.39. The minimum absolute atomic E-state index is 0.0220. The van der Waals surface area contributed by atoms with E-state index >= 15 is 0 Å². The van der Waals surface area contributed by atoms with Crippen molar-refractivity contribution >= 4 is 11.9 Å². The van der Waals surface area contributed by atoms with E-state index in [9.17, 15) is 9.59 Å². The molecule has 1 aromatic rings. The summed E-state index contributed by atoms with van der Waals surface area (Å²) in [6.45, 7) is 9.49. The summed E-state index contributed by atoms with van der Waals surface area (Å²) in [5.74, 6) is 0.337. The Bertz CT molecular complexity index is 567. The summed E-state index contributed by atoms with van der Waals surface area (Å²) >= 11 is 0. The molecule has 4 heteroatoms. The van der Waals surface area contributed by atoms with Crippen molar-refractivity contribution in [3.05, 3.63) is 35.4 Å². The van der Waals surface area contributed by atoms with Crippen molar-refractivity contribution in [1.29, 1.82) is 0 Å². The maximum absolute atomic E-state index is 12.8. The molecule has 1 aliphatic rings. The molecule has 1 aromatic carbocycles. The molecule has 0 bridgehead atoms. The van der Waals surface area contributed by atoms with E-state index in [4.69, 9.17) is 4.74 Å². The van der Waals surface area contributed by atoms with Crippen molar-refractivity contribution in [2.75, 3.05) is 13.2 Å². The van der Waals surface area contributed by atoms with Crippen LogP contribution in [0.5, 0.6) is 0 Å². The van der Waals surface area contributed by atoms with Crippen LogP contribution in [0.25, 0.3) is 0 Å². The molecule has 1 fully saturated rings. The third kappa shape index (κ3) is 4.57. The minimum atomic E-state index is -0.190. The fourth-order valence-electron chi connectivity index (χ4n) is 3.15. The summed E-state index contributed by atoms with van der Waals surface area (Å²) in [7, 11) is 0. The maximum atomic E-state index is 12.8. The lowest BCUT2D eigenvalue weighted by Gasteiger charge is -2.32. The van der Waals surface area contributed by atoms with Crippen molar-refractivity contribution in [3.8, 4) is 0 Å². The van der Waals surface area contributed by atoms with Crippen LogP contribution in [0.15, 0.2) is 24.3 Å². The predicted molar refractivity (Wildman–Crippen MR) is 89.8 cm³/mol. The minimum Gasteiger partial charge on any atom is -0.465 e. The van der Waals surface area contributed by atoms with E-state index in [1.807, 2.05) is 17.0 Å². The summed E-state index contributed by atoms with van der Waals surface area (Å²) in [5, 5.41) is 0. The highest BCUT2D eigenvalue weighted by atomic mass is 16.5. The highest BCUT2D eigenvalue weighted by Gasteiger charge is 2.30. The van der Waals surface area contributed by atoms with Gasteiger partial charge in [-0.15, -0.1) is 0 Å². The average molecular weight is 317 g/mol. The number of amides is 1. The van der Waals surface area contributed by atoms with Crippen LogP contribution in [0, 0.1) is 18.8 Å². The summed E-state index contributed by atoms with van der Waals surface area (Å²) in [4.78, 5) is 26.0. The lowest BCUT2D eigenvalue weighted by atomic mass is 9.98. The molecule has 0 radical (unpaired) electrons. The van der Waals surface area contributed by atoms with Gasteiger partial charge in [-0.25, -0.2) is 0 Å². The number of ether oxygens (including phenoxy) is 1. The van der Waals surface area contributed by atoms with Gasteiger partial charge < -0.3 is 9.64 Å². The van der Waals surface area contributed by atoms with E-state index in [0.717, 1.165) is 6.54 Å². The predicted octanol–water partition coefficient (Wildman–Crippen LogP) is 3.49. The van der Waals surface area contributed by atoms with E-state index in [0.29, 0.717) is 25.4 Å². The summed E-state index contributed by atoms with van der Waals surface area (Å²) in [6.07, 6.45) is 0.745. The van der Waals surface area contributed by atoms with Gasteiger partial charge in [0.2, 0.25) is 5.91 Å². The fraction of sp³-hybridized carbons (Fsp3) is 0.579. The van der Waals surface area contributed by atoms with Crippen LogP contribution in [-0.2, 0) is 14.3 Å². The van der Waals surface area contributed by atoms with Gasteiger partial charge in [-0.1, -0.05) is 38.1 Å². The van der Waals surface area contributed by atoms with Gasteiger partial charge >= 0.3 is 5.97 Å². The van der Waals surface area contributed by atoms with Gasteiger partial charge in [-0.2, -0.15) is 0 Å². The molecule has 2 atom stereocenters. The average Bonchev–Trinajstić information content (AvgIpc) is 2.89. The number of aryl methyl sites for hydroxylation is 1. The zero-order chi connectivity index (χ0) is 17.0. The third-order valence-corrected chi connectivity index (χ3v) is 4.39. The first-order valence-electron chi connectivity index (χ1n) is 8.39. The molecule has 2 rings (SSSR count). The molecule has 126 valence electrons. The first kappa shape index (κ1) is 17.5. The van der Waals surface area contributed by atoms with Crippen LogP contribution in [0.4, 0.5) is 0 Å². The molecule has 0 aromatic heterocycles. The van der Waals surface area contributed by atoms with Crippen LogP contribution < -0.4 is 0 Å². The molecule has 0 unspecified atom stereocenters. The highest BCUT2D eigenvalue weighted by molar-refractivity contribution is 5.79. The van der Waals surface area contributed by atoms with E-state index in [1.54, 1.807) is 0 Å². The summed E-state index contributed by atoms with van der Waals surface area (Å²) in [5.41, 5.74) is 2.38. The molecule has 1 aliphatic heterocycles. The van der Waals surface area contributed by atoms with Crippen LogP contribution in [0.2, 0.25) is 0 Å². The van der Waals surface area contributed by atoms with Gasteiger partial charge in [-0.3, -0.25) is 9.59 Å². The van der Waals surface area contributed by atoms with Gasteiger partial charge in [0, 0.05) is 18.9 Å². The Morgan fingerprint density at radius 1 is 1.30 bits per heavy atom. The molecule has 1 heterocycles. The van der Waals surface area contributed by atoms with Crippen LogP contribution in [0.1, 0.15) is 50.8 Å². The maximum Gasteiger partial charge on any atom is 0.306 e. The van der Waals surface area contributed by atoms with Crippen LogP contribution in [-0.4, -0.2) is 29.9 Å². The van der Waals surface area contributed by atoms with Gasteiger partial charge in [0.25, 0.3) is 0 Å². The van der Waals surface area contributed by atoms with E-state index < -0.39 is 0 Å². The number of nitrogens with zero attached hydrogens (tertiary/aromatic N) is 1. The van der Waals surface area contributed by atoms with Crippen molar-refractivity contribution in [2.45, 2.75) is 46.6 Å². The SMILES string of the molecule is Cc1ccccc1[C@H](C)N(CC(C)C)C(=O)C[C@H]1COC(=O)C1. The number of hydrogen-bond acceptors (Lipinski definition) is 3. The molecular formula is C19H27NO3. The lowest BCUT2D eigenvalue weighted by molar-refractivity contribution is -0.138. The molecule has 0 saturated carbocycles. The number of rotatable bonds is 6. The van der Waals surface area contributed by atoms with Crippen LogP contribution >= 0.6 is 0 Å². The number of cyclic esters (lactones) is 1.